The summed E-state index contributed by atoms with van der Waals surface area (Å²) in [6.45, 7) is 0.113. The highest BCUT2D eigenvalue weighted by Crippen LogP contribution is 2.27. The molecule has 1 aliphatic carbocycles. The lowest BCUT2D eigenvalue weighted by molar-refractivity contribution is 0.126. The Bertz CT molecular complexity index is 888. The molecular weight excluding hydrogens is 332 g/mol. The van der Waals surface area contributed by atoms with Crippen molar-refractivity contribution >= 4 is 16.9 Å². The molecule has 0 atom stereocenters. The van der Waals surface area contributed by atoms with E-state index in [1.54, 1.807) is 17.1 Å². The fraction of sp³-hybridized carbons (Fsp3) is 0.389. The van der Waals surface area contributed by atoms with Crippen LogP contribution >= 0.6 is 0 Å². The van der Waals surface area contributed by atoms with Crippen LogP contribution in [0.3, 0.4) is 0 Å². The van der Waals surface area contributed by atoms with Crippen LogP contribution in [0.4, 0.5) is 5.95 Å². The molecule has 1 fully saturated rings. The Hall–Kier alpha value is -2.71. The molecule has 0 spiro atoms. The van der Waals surface area contributed by atoms with Crippen LogP contribution in [-0.2, 0) is 0 Å². The number of nitrogens with zero attached hydrogens (tertiary/aromatic N) is 4. The zero-order valence-corrected chi connectivity index (χ0v) is 14.4. The number of rotatable bonds is 5. The third kappa shape index (κ3) is 3.33. The summed E-state index contributed by atoms with van der Waals surface area (Å²) in [6.07, 6.45) is 6.74. The molecule has 0 radical (unpaired) electrons. The van der Waals surface area contributed by atoms with E-state index in [2.05, 4.69) is 20.4 Å². The molecule has 0 saturated heterocycles. The molecule has 8 nitrogen and oxygen atoms in total. The van der Waals surface area contributed by atoms with E-state index in [9.17, 15) is 5.11 Å². The standard InChI is InChI=1S/C18H22N6O2/c19-11-26-16-3-1-2-15-14(16)10-21-24(15)17-8-9-20-18(23-17)22-12-4-6-13(25)7-5-12/h1-3,8-10,12-13,25H,4-7,11,19H2,(H,20,22,23). The monoisotopic (exact) mass is 354 g/mol. The van der Waals surface area contributed by atoms with Crippen LogP contribution < -0.4 is 15.8 Å². The molecule has 136 valence electrons. The lowest BCUT2D eigenvalue weighted by atomic mass is 9.93. The Kier molecular flexibility index (Phi) is 4.68. The molecule has 4 rings (SSSR count). The molecule has 1 aliphatic rings. The molecule has 1 aromatic carbocycles. The smallest absolute Gasteiger partial charge is 0.224 e. The number of nitrogens with two attached hydrogens (primary N) is 1. The van der Waals surface area contributed by atoms with E-state index in [0.29, 0.717) is 17.5 Å². The van der Waals surface area contributed by atoms with Crippen LogP contribution in [0.2, 0.25) is 0 Å². The van der Waals surface area contributed by atoms with Crippen molar-refractivity contribution < 1.29 is 9.84 Å². The van der Waals surface area contributed by atoms with Crippen molar-refractivity contribution in [2.45, 2.75) is 37.8 Å². The van der Waals surface area contributed by atoms with Crippen molar-refractivity contribution in [1.82, 2.24) is 19.7 Å². The minimum absolute atomic E-state index is 0.113. The van der Waals surface area contributed by atoms with Crippen LogP contribution in [0.5, 0.6) is 5.75 Å². The maximum absolute atomic E-state index is 9.63. The lowest BCUT2D eigenvalue weighted by Crippen LogP contribution is -2.29. The molecule has 4 N–H and O–H groups in total. The maximum atomic E-state index is 9.63. The largest absolute Gasteiger partial charge is 0.478 e. The second-order valence-electron chi connectivity index (χ2n) is 6.44. The molecule has 8 heteroatoms. The zero-order valence-electron chi connectivity index (χ0n) is 14.4. The summed E-state index contributed by atoms with van der Waals surface area (Å²) < 4.78 is 7.22. The molecule has 1 saturated carbocycles. The van der Waals surface area contributed by atoms with Gasteiger partial charge in [-0.1, -0.05) is 6.07 Å². The number of anilines is 1. The quantitative estimate of drug-likeness (QED) is 0.599. The van der Waals surface area contributed by atoms with Gasteiger partial charge in [0.15, 0.2) is 5.82 Å². The Morgan fingerprint density at radius 1 is 1.23 bits per heavy atom. The summed E-state index contributed by atoms with van der Waals surface area (Å²) in [4.78, 5) is 8.93. The number of aromatic nitrogens is 4. The first-order chi connectivity index (χ1) is 12.7. The fourth-order valence-corrected chi connectivity index (χ4v) is 3.36. The van der Waals surface area contributed by atoms with Crippen molar-refractivity contribution in [2.75, 3.05) is 12.0 Å². The van der Waals surface area contributed by atoms with Gasteiger partial charge in [0.25, 0.3) is 0 Å². The van der Waals surface area contributed by atoms with E-state index in [4.69, 9.17) is 10.5 Å². The van der Waals surface area contributed by atoms with Gasteiger partial charge in [0.05, 0.1) is 23.2 Å². The predicted molar refractivity (Wildman–Crippen MR) is 98.2 cm³/mol. The molecule has 2 aromatic heterocycles. The van der Waals surface area contributed by atoms with Crippen LogP contribution in [0, 0.1) is 0 Å². The SMILES string of the molecule is NCOc1cccc2c1cnn2-c1ccnc(NC2CCC(O)CC2)n1. The van der Waals surface area contributed by atoms with Gasteiger partial charge >= 0.3 is 0 Å². The first kappa shape index (κ1) is 16.7. The topological polar surface area (TPSA) is 111 Å². The fourth-order valence-electron chi connectivity index (χ4n) is 3.36. The first-order valence-electron chi connectivity index (χ1n) is 8.82. The van der Waals surface area contributed by atoms with Gasteiger partial charge in [0, 0.05) is 18.3 Å². The number of ether oxygens (including phenoxy) is 1. The van der Waals surface area contributed by atoms with Crippen LogP contribution in [0.1, 0.15) is 25.7 Å². The average molecular weight is 354 g/mol. The number of aliphatic hydroxyl groups is 1. The zero-order chi connectivity index (χ0) is 17.9. The average Bonchev–Trinajstić information content (AvgIpc) is 3.09. The third-order valence-corrected chi connectivity index (χ3v) is 4.70. The van der Waals surface area contributed by atoms with Crippen molar-refractivity contribution in [2.24, 2.45) is 5.73 Å². The summed E-state index contributed by atoms with van der Waals surface area (Å²) in [5.41, 5.74) is 6.38. The van der Waals surface area contributed by atoms with Gasteiger partial charge in [-0.05, 0) is 37.8 Å². The second-order valence-corrected chi connectivity index (χ2v) is 6.44. The Morgan fingerprint density at radius 2 is 2.08 bits per heavy atom. The highest BCUT2D eigenvalue weighted by atomic mass is 16.5. The molecule has 3 aromatic rings. The van der Waals surface area contributed by atoms with Crippen LogP contribution in [0.25, 0.3) is 16.7 Å². The second kappa shape index (κ2) is 7.27. The molecule has 2 heterocycles. The first-order valence-corrected chi connectivity index (χ1v) is 8.82. The number of hydrogen-bond donors (Lipinski definition) is 3. The van der Waals surface area contributed by atoms with Crippen molar-refractivity contribution in [3.63, 3.8) is 0 Å². The summed E-state index contributed by atoms with van der Waals surface area (Å²) in [5.74, 6) is 1.95. The highest BCUT2D eigenvalue weighted by molar-refractivity contribution is 5.86. The lowest BCUT2D eigenvalue weighted by Gasteiger charge is -2.26. The van der Waals surface area contributed by atoms with Crippen molar-refractivity contribution in [3.05, 3.63) is 36.7 Å². The Balaban J connectivity index is 1.60. The molecule has 0 bridgehead atoms. The molecule has 0 amide bonds. The summed E-state index contributed by atoms with van der Waals surface area (Å²) in [5, 5.41) is 18.3. The number of fused-ring (bicyclic) bond motifs is 1. The number of nitrogens with one attached hydrogen (secondary N) is 1. The van der Waals surface area contributed by atoms with Gasteiger partial charge in [-0.15, -0.1) is 0 Å². The van der Waals surface area contributed by atoms with E-state index < -0.39 is 0 Å². The predicted octanol–water partition coefficient (Wildman–Crippen LogP) is 1.83. The van der Waals surface area contributed by atoms with E-state index in [0.717, 1.165) is 36.6 Å². The van der Waals surface area contributed by atoms with Gasteiger partial charge in [-0.2, -0.15) is 10.1 Å². The van der Waals surface area contributed by atoms with E-state index in [1.807, 2.05) is 24.3 Å². The minimum atomic E-state index is -0.180. The Labute approximate surface area is 151 Å². The van der Waals surface area contributed by atoms with Crippen LogP contribution in [0.15, 0.2) is 36.7 Å². The number of aliphatic hydroxyl groups excluding tert-OH is 1. The Morgan fingerprint density at radius 3 is 2.88 bits per heavy atom. The summed E-state index contributed by atoms with van der Waals surface area (Å²) in [6, 6.07) is 7.83. The van der Waals surface area contributed by atoms with Crippen molar-refractivity contribution in [3.8, 4) is 11.6 Å². The molecule has 0 unspecified atom stereocenters. The van der Waals surface area contributed by atoms with E-state index in [-0.39, 0.29) is 18.9 Å². The normalized spacial score (nSPS) is 20.2. The van der Waals surface area contributed by atoms with E-state index >= 15 is 0 Å². The van der Waals surface area contributed by atoms with Gasteiger partial charge in [-0.3, -0.25) is 5.73 Å². The maximum Gasteiger partial charge on any atom is 0.224 e. The van der Waals surface area contributed by atoms with Gasteiger partial charge in [-0.25, -0.2) is 9.67 Å². The summed E-state index contributed by atoms with van der Waals surface area (Å²) in [7, 11) is 0. The van der Waals surface area contributed by atoms with E-state index in [1.165, 1.54) is 0 Å². The molecular formula is C18H22N6O2. The number of benzene rings is 1. The van der Waals surface area contributed by atoms with Gasteiger partial charge in [0.2, 0.25) is 5.95 Å². The van der Waals surface area contributed by atoms with Crippen molar-refractivity contribution in [1.29, 1.82) is 0 Å². The summed E-state index contributed by atoms with van der Waals surface area (Å²) >= 11 is 0. The molecule has 26 heavy (non-hydrogen) atoms. The third-order valence-electron chi connectivity index (χ3n) is 4.70. The minimum Gasteiger partial charge on any atom is -0.478 e. The number of hydrogen-bond acceptors (Lipinski definition) is 7. The highest BCUT2D eigenvalue weighted by Gasteiger charge is 2.20. The van der Waals surface area contributed by atoms with Gasteiger partial charge in [0.1, 0.15) is 12.5 Å². The van der Waals surface area contributed by atoms with Gasteiger partial charge < -0.3 is 15.2 Å². The van der Waals surface area contributed by atoms with Crippen LogP contribution in [-0.4, -0.2) is 43.7 Å². The molecule has 0 aliphatic heterocycles.